The summed E-state index contributed by atoms with van der Waals surface area (Å²) in [5, 5.41) is 24.3. The molecule has 2 aliphatic carbocycles. The molecule has 3 heterocycles. The highest BCUT2D eigenvalue weighted by Crippen LogP contribution is 2.66. The minimum absolute atomic E-state index is 0.0355. The second kappa shape index (κ2) is 8.34. The van der Waals surface area contributed by atoms with Gasteiger partial charge < -0.3 is 28.8 Å². The lowest BCUT2D eigenvalue weighted by Crippen LogP contribution is -2.74. The Morgan fingerprint density at radius 3 is 2.47 bits per heavy atom. The van der Waals surface area contributed by atoms with Crippen LogP contribution in [-0.2, 0) is 28.6 Å². The van der Waals surface area contributed by atoms with Gasteiger partial charge in [0.2, 0.25) is 0 Å². The van der Waals surface area contributed by atoms with Crippen LogP contribution in [0.4, 0.5) is 0 Å². The average molecular weight is 531 g/mol. The Morgan fingerprint density at radius 2 is 1.89 bits per heavy atom. The Hall–Kier alpha value is -2.33. The van der Waals surface area contributed by atoms with Crippen molar-refractivity contribution in [3.05, 3.63) is 35.8 Å². The molecule has 2 saturated heterocycles. The van der Waals surface area contributed by atoms with Crippen molar-refractivity contribution in [1.82, 2.24) is 0 Å². The Labute approximate surface area is 222 Å². The van der Waals surface area contributed by atoms with E-state index in [-0.39, 0.29) is 18.8 Å². The fraction of sp³-hybridized carbons (Fsp3) is 0.690. The molecule has 2 bridgehead atoms. The molecule has 0 unspecified atom stereocenters. The van der Waals surface area contributed by atoms with Crippen molar-refractivity contribution in [3.8, 4) is 0 Å². The van der Waals surface area contributed by atoms with Crippen molar-refractivity contribution >= 4 is 17.5 Å². The van der Waals surface area contributed by atoms with Gasteiger partial charge in [0.15, 0.2) is 28.6 Å². The monoisotopic (exact) mass is 530 g/mol. The SMILES string of the molecule is CC(=O)O[C@@H](c1ccoc1)[C@]1(C)CCC(=O)[C@@]2(O)[C@@H]1C[C@@]1(C(C)C)O[C@@H]2[C@]2(O1)C(=O)C(C)=CC(C)(C)[C@@H]2O. The molecule has 2 aliphatic heterocycles. The summed E-state index contributed by atoms with van der Waals surface area (Å²) in [6.07, 6.45) is 1.31. The number of hydrogen-bond donors (Lipinski definition) is 2. The lowest BCUT2D eigenvalue weighted by molar-refractivity contribution is -0.293. The number of ketones is 2. The van der Waals surface area contributed by atoms with Crippen LogP contribution in [0.1, 0.15) is 79.4 Å². The second-order valence-corrected chi connectivity index (χ2v) is 12.8. The molecular formula is C29H38O9. The summed E-state index contributed by atoms with van der Waals surface area (Å²) in [6, 6.07) is 1.70. The van der Waals surface area contributed by atoms with Crippen LogP contribution in [0.2, 0.25) is 0 Å². The first-order valence-electron chi connectivity index (χ1n) is 13.3. The summed E-state index contributed by atoms with van der Waals surface area (Å²) in [5.41, 5.74) is -5.07. The van der Waals surface area contributed by atoms with Crippen molar-refractivity contribution in [2.45, 2.75) is 103 Å². The molecule has 5 rings (SSSR count). The van der Waals surface area contributed by atoms with Gasteiger partial charge in [-0.1, -0.05) is 40.7 Å². The number of fused-ring (bicyclic) bond motifs is 5. The zero-order valence-corrected chi connectivity index (χ0v) is 23.1. The Morgan fingerprint density at radius 1 is 1.21 bits per heavy atom. The average Bonchev–Trinajstić information content (AvgIpc) is 3.47. The van der Waals surface area contributed by atoms with Crippen LogP contribution in [0, 0.1) is 22.7 Å². The zero-order chi connectivity index (χ0) is 28.1. The molecule has 1 aromatic heterocycles. The third kappa shape index (κ3) is 3.34. The molecule has 0 radical (unpaired) electrons. The van der Waals surface area contributed by atoms with Crippen LogP contribution < -0.4 is 0 Å². The maximum atomic E-state index is 14.0. The molecule has 208 valence electrons. The highest BCUT2D eigenvalue weighted by molar-refractivity contribution is 6.05. The van der Waals surface area contributed by atoms with E-state index in [1.54, 1.807) is 32.9 Å². The summed E-state index contributed by atoms with van der Waals surface area (Å²) < 4.78 is 24.3. The number of furan rings is 1. The third-order valence-corrected chi connectivity index (χ3v) is 9.62. The number of rotatable bonds is 4. The van der Waals surface area contributed by atoms with Crippen molar-refractivity contribution < 1.29 is 43.2 Å². The number of ether oxygens (including phenoxy) is 3. The van der Waals surface area contributed by atoms with Crippen LogP contribution >= 0.6 is 0 Å². The van der Waals surface area contributed by atoms with Crippen molar-refractivity contribution in [3.63, 3.8) is 0 Å². The first-order valence-corrected chi connectivity index (χ1v) is 13.3. The molecule has 1 spiro atoms. The van der Waals surface area contributed by atoms with E-state index >= 15 is 0 Å². The fourth-order valence-electron chi connectivity index (χ4n) is 7.64. The largest absolute Gasteiger partial charge is 0.472 e. The van der Waals surface area contributed by atoms with E-state index in [9.17, 15) is 24.6 Å². The molecule has 2 N–H and O–H groups in total. The van der Waals surface area contributed by atoms with E-state index in [1.165, 1.54) is 19.5 Å². The smallest absolute Gasteiger partial charge is 0.303 e. The van der Waals surface area contributed by atoms with Gasteiger partial charge in [-0.25, -0.2) is 0 Å². The molecular weight excluding hydrogens is 492 g/mol. The molecule has 1 saturated carbocycles. The molecule has 0 amide bonds. The Balaban J connectivity index is 1.74. The van der Waals surface area contributed by atoms with Crippen LogP contribution in [0.25, 0.3) is 0 Å². The van der Waals surface area contributed by atoms with Gasteiger partial charge in [-0.05, 0) is 25.0 Å². The first kappa shape index (κ1) is 27.2. The van der Waals surface area contributed by atoms with E-state index in [4.69, 9.17) is 18.6 Å². The van der Waals surface area contributed by atoms with Crippen molar-refractivity contribution in [2.75, 3.05) is 0 Å². The number of hydrogen-bond acceptors (Lipinski definition) is 9. The zero-order valence-electron chi connectivity index (χ0n) is 23.1. The van der Waals surface area contributed by atoms with E-state index in [0.717, 1.165) is 0 Å². The van der Waals surface area contributed by atoms with E-state index in [2.05, 4.69) is 0 Å². The predicted molar refractivity (Wildman–Crippen MR) is 133 cm³/mol. The van der Waals surface area contributed by atoms with E-state index < -0.39 is 69.6 Å². The number of carbonyl (C=O) groups excluding carboxylic acids is 3. The topological polar surface area (TPSA) is 132 Å². The highest BCUT2D eigenvalue weighted by atomic mass is 16.8. The quantitative estimate of drug-likeness (QED) is 0.562. The lowest BCUT2D eigenvalue weighted by Gasteiger charge is -2.58. The second-order valence-electron chi connectivity index (χ2n) is 12.8. The molecule has 9 nitrogen and oxygen atoms in total. The lowest BCUT2D eigenvalue weighted by atomic mass is 9.50. The number of aliphatic hydroxyl groups is 2. The molecule has 1 aromatic rings. The first-order chi connectivity index (χ1) is 17.6. The van der Waals surface area contributed by atoms with E-state index in [1.807, 2.05) is 20.8 Å². The van der Waals surface area contributed by atoms with Gasteiger partial charge in [0, 0.05) is 48.0 Å². The molecule has 8 atom stereocenters. The summed E-state index contributed by atoms with van der Waals surface area (Å²) in [5.74, 6) is -4.00. The van der Waals surface area contributed by atoms with Crippen LogP contribution in [0.15, 0.2) is 34.7 Å². The number of carbonyl (C=O) groups is 3. The normalized spacial score (nSPS) is 42.7. The van der Waals surface area contributed by atoms with Gasteiger partial charge in [0.05, 0.1) is 12.5 Å². The Bertz CT molecular complexity index is 1200. The molecule has 38 heavy (non-hydrogen) atoms. The summed E-state index contributed by atoms with van der Waals surface area (Å²) >= 11 is 0. The number of aliphatic hydroxyl groups excluding tert-OH is 1. The standard InChI is InChI=1S/C29H38O9/c1-15(2)27-13-19-26(7,22(36-17(4)30)18-9-11-35-14-18)10-8-20(31)28(19,34)24(37-27)29(38-27)21(32)16(3)12-25(5,6)23(29)33/h9,11-12,14-15,19,22-24,33-34H,8,10,13H2,1-7H3/t19-,22+,23+,24+,26-,27-,28+,29+/m1/s1. The van der Waals surface area contributed by atoms with Gasteiger partial charge in [0.25, 0.3) is 0 Å². The number of esters is 1. The molecule has 9 heteroatoms. The minimum Gasteiger partial charge on any atom is -0.472 e. The van der Waals surface area contributed by atoms with Gasteiger partial charge in [-0.3, -0.25) is 14.4 Å². The van der Waals surface area contributed by atoms with Gasteiger partial charge in [0.1, 0.15) is 18.3 Å². The van der Waals surface area contributed by atoms with Gasteiger partial charge in [-0.2, -0.15) is 0 Å². The van der Waals surface area contributed by atoms with Gasteiger partial charge >= 0.3 is 5.97 Å². The summed E-state index contributed by atoms with van der Waals surface area (Å²) in [6.45, 7) is 12.2. The van der Waals surface area contributed by atoms with Crippen LogP contribution in [0.5, 0.6) is 0 Å². The Kier molecular flexibility index (Phi) is 5.98. The maximum absolute atomic E-state index is 14.0. The molecule has 3 fully saturated rings. The minimum atomic E-state index is -2.19. The van der Waals surface area contributed by atoms with Gasteiger partial charge in [-0.15, -0.1) is 0 Å². The fourth-order valence-corrected chi connectivity index (χ4v) is 7.64. The van der Waals surface area contributed by atoms with Crippen molar-refractivity contribution in [1.29, 1.82) is 0 Å². The molecule has 4 aliphatic rings. The van der Waals surface area contributed by atoms with E-state index in [0.29, 0.717) is 17.6 Å². The summed E-state index contributed by atoms with van der Waals surface area (Å²) in [4.78, 5) is 40.0. The maximum Gasteiger partial charge on any atom is 0.303 e. The highest BCUT2D eigenvalue weighted by Gasteiger charge is 2.81. The van der Waals surface area contributed by atoms with Crippen molar-refractivity contribution in [2.24, 2.45) is 22.7 Å². The van der Waals surface area contributed by atoms with Crippen LogP contribution in [-0.4, -0.2) is 56.9 Å². The third-order valence-electron chi connectivity index (χ3n) is 9.62. The number of Topliss-reactive ketones (excluding diaryl/α,β-unsaturated/α-hetero) is 2. The molecule has 0 aromatic carbocycles. The predicted octanol–water partition coefficient (Wildman–Crippen LogP) is 3.43. The summed E-state index contributed by atoms with van der Waals surface area (Å²) in [7, 11) is 0. The van der Waals surface area contributed by atoms with Crippen LogP contribution in [0.3, 0.4) is 0 Å².